The molecule has 1 aromatic heterocycles. The number of benzene rings is 5. The summed E-state index contributed by atoms with van der Waals surface area (Å²) in [6, 6.07) is 37.3. The number of carboxylic acid groups (broad SMARTS) is 1. The van der Waals surface area contributed by atoms with Gasteiger partial charge in [-0.15, -0.1) is 0 Å². The summed E-state index contributed by atoms with van der Waals surface area (Å²) in [4.78, 5) is 15.4. The summed E-state index contributed by atoms with van der Waals surface area (Å²) >= 11 is 0. The van der Waals surface area contributed by atoms with Gasteiger partial charge in [0.2, 0.25) is 0 Å². The van der Waals surface area contributed by atoms with Gasteiger partial charge in [-0.05, 0) is 69.1 Å². The zero-order valence-corrected chi connectivity index (χ0v) is 24.2. The normalized spacial score (nSPS) is 11.4. The van der Waals surface area contributed by atoms with E-state index in [1.54, 1.807) is 18.3 Å². The van der Waals surface area contributed by atoms with E-state index in [-0.39, 0.29) is 11.9 Å². The lowest BCUT2D eigenvalue weighted by Gasteiger charge is -2.17. The summed E-state index contributed by atoms with van der Waals surface area (Å²) in [7, 11) is 0. The van der Waals surface area contributed by atoms with Crippen LogP contribution in [0.5, 0.6) is 0 Å². The molecule has 0 aliphatic heterocycles. The highest BCUT2D eigenvalue weighted by Gasteiger charge is 2.33. The Labute approximate surface area is 258 Å². The third-order valence-corrected chi connectivity index (χ3v) is 7.74. The number of rotatable bonds is 9. The Bertz CT molecular complexity index is 1970. The number of nitrogens with one attached hydrogen (secondary N) is 1. The third kappa shape index (κ3) is 6.88. The topological polar surface area (TPSA) is 62.2 Å². The van der Waals surface area contributed by atoms with E-state index in [0.29, 0.717) is 18.4 Å². The Morgan fingerprint density at radius 2 is 1.42 bits per heavy atom. The van der Waals surface area contributed by atoms with E-state index < -0.39 is 17.7 Å². The van der Waals surface area contributed by atoms with Crippen molar-refractivity contribution >= 4 is 22.6 Å². The van der Waals surface area contributed by atoms with Gasteiger partial charge in [0.15, 0.2) is 0 Å². The molecular formula is C38H29F3N2O2. The molecule has 0 aliphatic rings. The maximum Gasteiger partial charge on any atom is 0.418 e. The Morgan fingerprint density at radius 3 is 2.18 bits per heavy atom. The molecule has 0 spiro atoms. The molecule has 0 unspecified atom stereocenters. The number of anilines is 1. The number of aliphatic carboxylic acids is 1. The van der Waals surface area contributed by atoms with Crippen LogP contribution < -0.4 is 5.32 Å². The van der Waals surface area contributed by atoms with Crippen LogP contribution in [-0.4, -0.2) is 16.1 Å². The quantitative estimate of drug-likeness (QED) is 0.173. The number of hydrogen-bond donors (Lipinski definition) is 2. The summed E-state index contributed by atoms with van der Waals surface area (Å²) in [5.41, 5.74) is 7.15. The van der Waals surface area contributed by atoms with Crippen LogP contribution in [0.4, 0.5) is 18.9 Å². The Hall–Kier alpha value is -5.43. The Balaban J connectivity index is 1.29. The minimum Gasteiger partial charge on any atom is -0.481 e. The number of para-hydroxylation sites is 1. The van der Waals surface area contributed by atoms with E-state index in [2.05, 4.69) is 10.3 Å². The van der Waals surface area contributed by atoms with Crippen LogP contribution in [0.25, 0.3) is 33.2 Å². The first kappa shape index (κ1) is 29.6. The first-order chi connectivity index (χ1) is 21.7. The van der Waals surface area contributed by atoms with Gasteiger partial charge in [-0.1, -0.05) is 103 Å². The van der Waals surface area contributed by atoms with Gasteiger partial charge < -0.3 is 10.4 Å². The summed E-state index contributed by atoms with van der Waals surface area (Å²) in [5, 5.41) is 13.0. The third-order valence-electron chi connectivity index (χ3n) is 7.74. The molecule has 224 valence electrons. The highest BCUT2D eigenvalue weighted by Crippen LogP contribution is 2.39. The van der Waals surface area contributed by atoms with Crippen LogP contribution in [-0.2, 0) is 30.4 Å². The lowest BCUT2D eigenvalue weighted by Crippen LogP contribution is -2.07. The van der Waals surface area contributed by atoms with E-state index in [1.807, 2.05) is 97.1 Å². The van der Waals surface area contributed by atoms with E-state index in [0.717, 1.165) is 56.3 Å². The van der Waals surface area contributed by atoms with Gasteiger partial charge in [-0.2, -0.15) is 13.2 Å². The second-order valence-corrected chi connectivity index (χ2v) is 10.9. The predicted molar refractivity (Wildman–Crippen MR) is 172 cm³/mol. The van der Waals surface area contributed by atoms with Crippen LogP contribution in [0.3, 0.4) is 0 Å². The van der Waals surface area contributed by atoms with Crippen LogP contribution in [0.15, 0.2) is 128 Å². The van der Waals surface area contributed by atoms with Crippen molar-refractivity contribution in [3.8, 4) is 22.3 Å². The smallest absolute Gasteiger partial charge is 0.418 e. The van der Waals surface area contributed by atoms with Gasteiger partial charge in [0.1, 0.15) is 0 Å². The van der Waals surface area contributed by atoms with E-state index in [1.165, 1.54) is 6.07 Å². The van der Waals surface area contributed by atoms with Gasteiger partial charge in [-0.3, -0.25) is 9.78 Å². The average Bonchev–Trinajstić information content (AvgIpc) is 3.03. The maximum absolute atomic E-state index is 13.9. The Morgan fingerprint density at radius 1 is 0.711 bits per heavy atom. The number of halogens is 3. The van der Waals surface area contributed by atoms with Crippen molar-refractivity contribution in [1.29, 1.82) is 0 Å². The molecule has 45 heavy (non-hydrogen) atoms. The predicted octanol–water partition coefficient (Wildman–Crippen LogP) is 9.42. The average molecular weight is 603 g/mol. The molecule has 7 heteroatoms. The lowest BCUT2D eigenvalue weighted by atomic mass is 9.91. The number of aromatic nitrogens is 1. The zero-order chi connectivity index (χ0) is 31.4. The summed E-state index contributed by atoms with van der Waals surface area (Å²) < 4.78 is 41.8. The molecule has 0 fully saturated rings. The zero-order valence-electron chi connectivity index (χ0n) is 24.2. The minimum absolute atomic E-state index is 0.0264. The monoisotopic (exact) mass is 602 g/mol. The van der Waals surface area contributed by atoms with Gasteiger partial charge in [0.05, 0.1) is 17.5 Å². The fourth-order valence-corrected chi connectivity index (χ4v) is 5.62. The molecule has 1 heterocycles. The summed E-state index contributed by atoms with van der Waals surface area (Å²) in [6.45, 7) is 0.537. The molecule has 6 rings (SSSR count). The second-order valence-electron chi connectivity index (χ2n) is 10.9. The fraction of sp³-hybridized carbons (Fsp3) is 0.105. The second kappa shape index (κ2) is 12.7. The standard InChI is InChI=1S/C38H29F3N2O2/c39-38(40,41)34-14-6-13-33-36(31(24-43-37(33)34)19-25-7-2-1-3-8-25)30-11-5-12-32(22-30)42-23-26-15-17-28(18-16-26)29-10-4-9-27(20-29)21-35(44)45/h1-18,20,22,24,42H,19,21,23H2,(H,44,45). The molecule has 0 bridgehead atoms. The van der Waals surface area contributed by atoms with Crippen LogP contribution >= 0.6 is 0 Å². The molecule has 5 aromatic carbocycles. The van der Waals surface area contributed by atoms with Crippen molar-refractivity contribution in [1.82, 2.24) is 4.98 Å². The van der Waals surface area contributed by atoms with Gasteiger partial charge >= 0.3 is 12.1 Å². The number of alkyl halides is 3. The lowest BCUT2D eigenvalue weighted by molar-refractivity contribution is -0.137. The van der Waals surface area contributed by atoms with Crippen LogP contribution in [0.1, 0.15) is 27.8 Å². The van der Waals surface area contributed by atoms with Crippen molar-refractivity contribution in [3.63, 3.8) is 0 Å². The van der Waals surface area contributed by atoms with Crippen molar-refractivity contribution < 1.29 is 23.1 Å². The molecule has 0 saturated carbocycles. The van der Waals surface area contributed by atoms with E-state index in [4.69, 9.17) is 5.11 Å². The molecule has 0 amide bonds. The molecule has 4 nitrogen and oxygen atoms in total. The molecule has 0 radical (unpaired) electrons. The molecule has 0 saturated heterocycles. The van der Waals surface area contributed by atoms with Crippen LogP contribution in [0.2, 0.25) is 0 Å². The molecule has 0 atom stereocenters. The van der Waals surface area contributed by atoms with E-state index >= 15 is 0 Å². The van der Waals surface area contributed by atoms with E-state index in [9.17, 15) is 18.0 Å². The Kier molecular flexibility index (Phi) is 8.34. The number of carbonyl (C=O) groups is 1. The highest BCUT2D eigenvalue weighted by atomic mass is 19.4. The van der Waals surface area contributed by atoms with Crippen molar-refractivity contribution in [2.24, 2.45) is 0 Å². The molecule has 2 N–H and O–H groups in total. The first-order valence-electron chi connectivity index (χ1n) is 14.5. The maximum atomic E-state index is 13.9. The SMILES string of the molecule is O=C(O)Cc1cccc(-c2ccc(CNc3cccc(-c4c(Cc5ccccc5)cnc5c(C(F)(F)F)cccc45)c3)cc2)c1. The summed E-state index contributed by atoms with van der Waals surface area (Å²) in [5.74, 6) is -0.867. The van der Waals surface area contributed by atoms with Gasteiger partial charge in [0.25, 0.3) is 0 Å². The molecule has 6 aromatic rings. The van der Waals surface area contributed by atoms with Crippen molar-refractivity contribution in [3.05, 3.63) is 155 Å². The number of fused-ring (bicyclic) bond motifs is 1. The summed E-state index contributed by atoms with van der Waals surface area (Å²) in [6.07, 6.45) is -2.45. The van der Waals surface area contributed by atoms with Gasteiger partial charge in [-0.25, -0.2) is 0 Å². The van der Waals surface area contributed by atoms with Crippen molar-refractivity contribution in [2.75, 3.05) is 5.32 Å². The van der Waals surface area contributed by atoms with Crippen molar-refractivity contribution in [2.45, 2.75) is 25.6 Å². The highest BCUT2D eigenvalue weighted by molar-refractivity contribution is 5.98. The number of pyridine rings is 1. The van der Waals surface area contributed by atoms with Gasteiger partial charge in [0, 0.05) is 23.8 Å². The fourth-order valence-electron chi connectivity index (χ4n) is 5.62. The minimum atomic E-state index is -4.52. The van der Waals surface area contributed by atoms with Crippen LogP contribution in [0, 0.1) is 0 Å². The number of nitrogens with zero attached hydrogens (tertiary/aromatic N) is 1. The number of carboxylic acids is 1. The number of hydrogen-bond acceptors (Lipinski definition) is 3. The molecular weight excluding hydrogens is 573 g/mol. The molecule has 0 aliphatic carbocycles. The largest absolute Gasteiger partial charge is 0.481 e. The first-order valence-corrected chi connectivity index (χ1v) is 14.5.